The molecule has 0 unspecified atom stereocenters. The van der Waals surface area contributed by atoms with Gasteiger partial charge in [-0.05, 0) is 43.9 Å². The Morgan fingerprint density at radius 3 is 2.54 bits per heavy atom. The summed E-state index contributed by atoms with van der Waals surface area (Å²) in [4.78, 5) is 8.54. The minimum atomic E-state index is -0.461. The largest absolute Gasteiger partial charge is 0.289 e. The zero-order chi connectivity index (χ0) is 17.4. The number of hydrogen-bond acceptors (Lipinski definition) is 2. The molecule has 2 aromatic rings. The SMILES string of the molecule is C=C(CCCC)CCN=C(C)c1ccc(-c2cccc(F)n2)cc1. The van der Waals surface area contributed by atoms with Gasteiger partial charge in [0.1, 0.15) is 0 Å². The van der Waals surface area contributed by atoms with Crippen LogP contribution in [0.5, 0.6) is 0 Å². The van der Waals surface area contributed by atoms with Gasteiger partial charge in [0.05, 0.1) is 5.69 Å². The van der Waals surface area contributed by atoms with Crippen molar-refractivity contribution in [1.29, 1.82) is 0 Å². The lowest BCUT2D eigenvalue weighted by Crippen LogP contribution is -1.97. The predicted octanol–water partition coefficient (Wildman–Crippen LogP) is 5.83. The Bertz CT molecular complexity index is 702. The van der Waals surface area contributed by atoms with Crippen molar-refractivity contribution in [3.8, 4) is 11.3 Å². The molecule has 0 amide bonds. The molecule has 0 saturated heterocycles. The van der Waals surface area contributed by atoms with E-state index in [0.29, 0.717) is 5.69 Å². The molecule has 0 radical (unpaired) electrons. The molecule has 0 fully saturated rings. The van der Waals surface area contributed by atoms with Crippen LogP contribution in [0.2, 0.25) is 0 Å². The van der Waals surface area contributed by atoms with Crippen molar-refractivity contribution < 1.29 is 4.39 Å². The number of pyridine rings is 1. The highest BCUT2D eigenvalue weighted by Gasteiger charge is 2.03. The monoisotopic (exact) mass is 324 g/mol. The molecule has 0 spiro atoms. The van der Waals surface area contributed by atoms with Crippen LogP contribution >= 0.6 is 0 Å². The summed E-state index contributed by atoms with van der Waals surface area (Å²) in [6.07, 6.45) is 4.45. The van der Waals surface area contributed by atoms with Crippen LogP contribution in [-0.4, -0.2) is 17.2 Å². The van der Waals surface area contributed by atoms with Crippen LogP contribution in [0.25, 0.3) is 11.3 Å². The van der Waals surface area contributed by atoms with Gasteiger partial charge in [-0.1, -0.05) is 55.8 Å². The van der Waals surface area contributed by atoms with E-state index in [9.17, 15) is 4.39 Å². The zero-order valence-corrected chi connectivity index (χ0v) is 14.6. The first kappa shape index (κ1) is 18.1. The molecule has 3 heteroatoms. The van der Waals surface area contributed by atoms with Crippen molar-refractivity contribution in [2.75, 3.05) is 6.54 Å². The topological polar surface area (TPSA) is 25.2 Å². The third kappa shape index (κ3) is 5.41. The van der Waals surface area contributed by atoms with Crippen LogP contribution in [0.3, 0.4) is 0 Å². The average Bonchev–Trinajstić information content (AvgIpc) is 2.60. The smallest absolute Gasteiger partial charge is 0.213 e. The lowest BCUT2D eigenvalue weighted by atomic mass is 10.1. The number of aromatic nitrogens is 1. The molecule has 0 aliphatic rings. The van der Waals surface area contributed by atoms with Gasteiger partial charge in [-0.2, -0.15) is 4.39 Å². The molecular formula is C21H25FN2. The van der Waals surface area contributed by atoms with Crippen molar-refractivity contribution in [1.82, 2.24) is 4.98 Å². The summed E-state index contributed by atoms with van der Waals surface area (Å²) >= 11 is 0. The Hall–Kier alpha value is -2.29. The third-order valence-electron chi connectivity index (χ3n) is 4.01. The first-order valence-electron chi connectivity index (χ1n) is 8.51. The van der Waals surface area contributed by atoms with E-state index in [1.165, 1.54) is 24.5 Å². The van der Waals surface area contributed by atoms with Crippen molar-refractivity contribution in [3.05, 3.63) is 66.1 Å². The third-order valence-corrected chi connectivity index (χ3v) is 4.01. The Kier molecular flexibility index (Phi) is 6.86. The highest BCUT2D eigenvalue weighted by Crippen LogP contribution is 2.18. The van der Waals surface area contributed by atoms with Crippen LogP contribution in [0.15, 0.2) is 59.6 Å². The van der Waals surface area contributed by atoms with Gasteiger partial charge in [0.2, 0.25) is 5.95 Å². The standard InChI is InChI=1S/C21H25FN2/c1-4-5-7-16(2)14-15-23-17(3)18-10-12-19(13-11-18)20-8-6-9-21(22)24-20/h6,8-13H,2,4-5,7,14-15H2,1,3H3. The highest BCUT2D eigenvalue weighted by molar-refractivity contribution is 5.99. The van der Waals surface area contributed by atoms with Gasteiger partial charge in [0.25, 0.3) is 0 Å². The minimum absolute atomic E-state index is 0.461. The molecule has 0 atom stereocenters. The van der Waals surface area contributed by atoms with Gasteiger partial charge in [-0.15, -0.1) is 0 Å². The molecule has 0 aliphatic heterocycles. The van der Waals surface area contributed by atoms with Crippen LogP contribution in [-0.2, 0) is 0 Å². The molecule has 0 aliphatic carbocycles. The van der Waals surface area contributed by atoms with Crippen LogP contribution in [0.1, 0.15) is 45.1 Å². The quantitative estimate of drug-likeness (QED) is 0.340. The Labute approximate surface area is 144 Å². The molecule has 1 aromatic heterocycles. The first-order chi connectivity index (χ1) is 11.6. The van der Waals surface area contributed by atoms with Gasteiger partial charge in [-0.3, -0.25) is 4.99 Å². The number of benzene rings is 1. The fourth-order valence-corrected chi connectivity index (χ4v) is 2.48. The molecular weight excluding hydrogens is 299 g/mol. The molecule has 126 valence electrons. The van der Waals surface area contributed by atoms with E-state index in [-0.39, 0.29) is 0 Å². The van der Waals surface area contributed by atoms with Crippen molar-refractivity contribution in [2.24, 2.45) is 4.99 Å². The second kappa shape index (κ2) is 9.11. The summed E-state index contributed by atoms with van der Waals surface area (Å²) < 4.78 is 13.2. The van der Waals surface area contributed by atoms with Gasteiger partial charge in [0, 0.05) is 17.8 Å². The second-order valence-electron chi connectivity index (χ2n) is 5.99. The fraction of sp³-hybridized carbons (Fsp3) is 0.333. The van der Waals surface area contributed by atoms with Crippen LogP contribution in [0, 0.1) is 5.95 Å². The fourth-order valence-electron chi connectivity index (χ4n) is 2.48. The van der Waals surface area contributed by atoms with Gasteiger partial charge in [-0.25, -0.2) is 4.98 Å². The normalized spacial score (nSPS) is 11.5. The van der Waals surface area contributed by atoms with Crippen LogP contribution < -0.4 is 0 Å². The van der Waals surface area contributed by atoms with E-state index in [2.05, 4.69) is 23.5 Å². The molecule has 1 aromatic carbocycles. The summed E-state index contributed by atoms with van der Waals surface area (Å²) in [7, 11) is 0. The lowest BCUT2D eigenvalue weighted by molar-refractivity contribution is 0.585. The van der Waals surface area contributed by atoms with Gasteiger partial charge < -0.3 is 0 Å². The Balaban J connectivity index is 1.97. The van der Waals surface area contributed by atoms with E-state index in [1.807, 2.05) is 31.2 Å². The molecule has 2 rings (SSSR count). The van der Waals surface area contributed by atoms with Crippen molar-refractivity contribution in [3.63, 3.8) is 0 Å². The zero-order valence-electron chi connectivity index (χ0n) is 14.6. The Morgan fingerprint density at radius 2 is 1.88 bits per heavy atom. The van der Waals surface area contributed by atoms with E-state index in [0.717, 1.165) is 36.2 Å². The summed E-state index contributed by atoms with van der Waals surface area (Å²) in [5, 5.41) is 0. The summed E-state index contributed by atoms with van der Waals surface area (Å²) in [5.74, 6) is -0.461. The number of rotatable bonds is 8. The van der Waals surface area contributed by atoms with E-state index >= 15 is 0 Å². The van der Waals surface area contributed by atoms with E-state index in [4.69, 9.17) is 0 Å². The number of aliphatic imine (C=N–C) groups is 1. The summed E-state index contributed by atoms with van der Waals surface area (Å²) in [6.45, 7) is 9.10. The number of halogens is 1. The predicted molar refractivity (Wildman–Crippen MR) is 100.0 cm³/mol. The maximum Gasteiger partial charge on any atom is 0.213 e. The van der Waals surface area contributed by atoms with E-state index < -0.39 is 5.95 Å². The molecule has 0 bridgehead atoms. The average molecular weight is 324 g/mol. The number of nitrogens with zero attached hydrogens (tertiary/aromatic N) is 2. The molecule has 2 nitrogen and oxygen atoms in total. The number of hydrogen-bond donors (Lipinski definition) is 0. The highest BCUT2D eigenvalue weighted by atomic mass is 19.1. The number of unbranched alkanes of at least 4 members (excludes halogenated alkanes) is 1. The van der Waals surface area contributed by atoms with Crippen LogP contribution in [0.4, 0.5) is 4.39 Å². The van der Waals surface area contributed by atoms with Crippen molar-refractivity contribution in [2.45, 2.75) is 39.5 Å². The second-order valence-corrected chi connectivity index (χ2v) is 5.99. The summed E-state index contributed by atoms with van der Waals surface area (Å²) in [6, 6.07) is 12.7. The maximum atomic E-state index is 13.2. The van der Waals surface area contributed by atoms with Gasteiger partial charge in [0.15, 0.2) is 0 Å². The Morgan fingerprint density at radius 1 is 1.12 bits per heavy atom. The minimum Gasteiger partial charge on any atom is -0.289 e. The molecule has 1 heterocycles. The summed E-state index contributed by atoms with van der Waals surface area (Å²) in [5.41, 5.74) is 4.91. The molecule has 0 saturated carbocycles. The molecule has 24 heavy (non-hydrogen) atoms. The van der Waals surface area contributed by atoms with Crippen molar-refractivity contribution >= 4 is 5.71 Å². The van der Waals surface area contributed by atoms with Gasteiger partial charge >= 0.3 is 0 Å². The van der Waals surface area contributed by atoms with E-state index in [1.54, 1.807) is 12.1 Å². The lowest BCUT2D eigenvalue weighted by Gasteiger charge is -2.06. The maximum absolute atomic E-state index is 13.2. The molecule has 0 N–H and O–H groups in total. The first-order valence-corrected chi connectivity index (χ1v) is 8.51.